The molecule has 0 saturated carbocycles. The van der Waals surface area contributed by atoms with Crippen LogP contribution in [-0.4, -0.2) is 11.8 Å². The van der Waals surface area contributed by atoms with E-state index in [1.54, 1.807) is 36.8 Å². The Kier molecular flexibility index (Phi) is 6.34. The number of carbonyl (C=O) groups is 2. The highest BCUT2D eigenvalue weighted by molar-refractivity contribution is 7.10. The van der Waals surface area contributed by atoms with Gasteiger partial charge >= 0.3 is 0 Å². The van der Waals surface area contributed by atoms with Crippen LogP contribution in [0.2, 0.25) is 0 Å². The maximum Gasteiger partial charge on any atom is 0.268 e. The van der Waals surface area contributed by atoms with Gasteiger partial charge in [-0.25, -0.2) is 0 Å². The van der Waals surface area contributed by atoms with Crippen LogP contribution in [-0.2, 0) is 16.8 Å². The molecule has 2 heterocycles. The molecule has 5 nitrogen and oxygen atoms in total. The molecule has 3 aromatic rings. The molecule has 6 heteroatoms. The van der Waals surface area contributed by atoms with Crippen molar-refractivity contribution in [3.63, 3.8) is 0 Å². The summed E-state index contributed by atoms with van der Waals surface area (Å²) in [5, 5.41) is 7.48. The van der Waals surface area contributed by atoms with Crippen molar-refractivity contribution >= 4 is 29.2 Å². The minimum absolute atomic E-state index is 0.00616. The van der Waals surface area contributed by atoms with Gasteiger partial charge < -0.3 is 15.1 Å². The average Bonchev–Trinajstić information content (AvgIpc) is 3.39. The highest BCUT2D eigenvalue weighted by Crippen LogP contribution is 2.22. The van der Waals surface area contributed by atoms with Gasteiger partial charge in [0.25, 0.3) is 11.8 Å². The van der Waals surface area contributed by atoms with Gasteiger partial charge in [-0.05, 0) is 46.7 Å². The van der Waals surface area contributed by atoms with Crippen LogP contribution >= 0.6 is 11.3 Å². The largest absolute Gasteiger partial charge is 0.472 e. The Hall–Kier alpha value is -3.12. The van der Waals surface area contributed by atoms with Gasteiger partial charge in [0.05, 0.1) is 12.5 Å². The Morgan fingerprint density at radius 3 is 2.45 bits per heavy atom. The predicted octanol–water partition coefficient (Wildman–Crippen LogP) is 4.73. The first-order valence-electron chi connectivity index (χ1n) is 9.29. The van der Waals surface area contributed by atoms with E-state index in [4.69, 9.17) is 4.42 Å². The first kappa shape index (κ1) is 20.6. The number of carbonyl (C=O) groups excluding carboxylic acids is 2. The molecular weight excluding hydrogens is 384 g/mol. The van der Waals surface area contributed by atoms with Crippen LogP contribution < -0.4 is 10.6 Å². The molecule has 0 atom stereocenters. The number of furan rings is 1. The molecule has 0 fully saturated rings. The lowest BCUT2D eigenvalue weighted by Gasteiger charge is -2.19. The molecule has 0 unspecified atom stereocenters. The normalized spacial score (nSPS) is 11.9. The lowest BCUT2D eigenvalue weighted by Crippen LogP contribution is -2.34. The summed E-state index contributed by atoms with van der Waals surface area (Å²) >= 11 is 1.49. The minimum Gasteiger partial charge on any atom is -0.472 e. The molecular formula is C23H24N2O3S. The molecule has 0 radical (unpaired) electrons. The van der Waals surface area contributed by atoms with Crippen LogP contribution in [0.4, 0.5) is 0 Å². The Morgan fingerprint density at radius 1 is 1.10 bits per heavy atom. The summed E-state index contributed by atoms with van der Waals surface area (Å²) in [6, 6.07) is 13.0. The van der Waals surface area contributed by atoms with Crippen molar-refractivity contribution in [2.45, 2.75) is 32.7 Å². The van der Waals surface area contributed by atoms with E-state index < -0.39 is 0 Å². The summed E-state index contributed by atoms with van der Waals surface area (Å²) in [5.74, 6) is -0.689. The van der Waals surface area contributed by atoms with Crippen molar-refractivity contribution in [2.24, 2.45) is 0 Å². The second-order valence-electron chi connectivity index (χ2n) is 7.67. The van der Waals surface area contributed by atoms with Crippen molar-refractivity contribution < 1.29 is 14.0 Å². The van der Waals surface area contributed by atoms with E-state index in [2.05, 4.69) is 31.4 Å². The van der Waals surface area contributed by atoms with E-state index in [9.17, 15) is 9.59 Å². The number of thiophene rings is 1. The number of nitrogens with one attached hydrogen (secondary N) is 2. The zero-order valence-electron chi connectivity index (χ0n) is 16.7. The van der Waals surface area contributed by atoms with E-state index in [0.29, 0.717) is 12.1 Å². The van der Waals surface area contributed by atoms with Crippen molar-refractivity contribution in [3.8, 4) is 0 Å². The Balaban J connectivity index is 1.75. The second-order valence-corrected chi connectivity index (χ2v) is 8.65. The highest BCUT2D eigenvalue weighted by atomic mass is 32.1. The lowest BCUT2D eigenvalue weighted by molar-refractivity contribution is -0.117. The molecule has 2 amide bonds. The number of amides is 2. The lowest BCUT2D eigenvalue weighted by atomic mass is 9.87. The SMILES string of the molecule is CC(C)(C)c1ccc(C(=O)N/C(=C\c2cccs2)C(=O)NCc2ccoc2)cc1. The molecule has 0 bridgehead atoms. The van der Waals surface area contributed by atoms with Gasteiger partial charge in [0.15, 0.2) is 0 Å². The predicted molar refractivity (Wildman–Crippen MR) is 115 cm³/mol. The van der Waals surface area contributed by atoms with E-state index >= 15 is 0 Å². The fraction of sp³-hybridized carbons (Fsp3) is 0.217. The van der Waals surface area contributed by atoms with Crippen LogP contribution in [0.1, 0.15) is 47.1 Å². The summed E-state index contributed by atoms with van der Waals surface area (Å²) in [6.45, 7) is 6.67. The fourth-order valence-corrected chi connectivity index (χ4v) is 3.32. The van der Waals surface area contributed by atoms with Gasteiger partial charge in [-0.15, -0.1) is 11.3 Å². The van der Waals surface area contributed by atoms with Crippen LogP contribution in [0.15, 0.2) is 70.5 Å². The van der Waals surface area contributed by atoms with Crippen LogP contribution in [0.25, 0.3) is 6.08 Å². The summed E-state index contributed by atoms with van der Waals surface area (Å²) in [6.07, 6.45) is 4.79. The molecule has 0 aliphatic carbocycles. The summed E-state index contributed by atoms with van der Waals surface area (Å²) < 4.78 is 5.01. The van der Waals surface area contributed by atoms with Gasteiger partial charge in [-0.3, -0.25) is 9.59 Å². The van der Waals surface area contributed by atoms with Crippen LogP contribution in [0, 0.1) is 0 Å². The van der Waals surface area contributed by atoms with E-state index in [0.717, 1.165) is 16.0 Å². The molecule has 1 aromatic carbocycles. The molecule has 0 spiro atoms. The summed E-state index contributed by atoms with van der Waals surface area (Å²) in [5.41, 5.74) is 2.68. The van der Waals surface area contributed by atoms with E-state index in [1.807, 2.05) is 29.6 Å². The van der Waals surface area contributed by atoms with E-state index in [-0.39, 0.29) is 22.9 Å². The number of hydrogen-bond acceptors (Lipinski definition) is 4. The zero-order valence-corrected chi connectivity index (χ0v) is 17.5. The Labute approximate surface area is 174 Å². The quantitative estimate of drug-likeness (QED) is 0.580. The van der Waals surface area contributed by atoms with Gasteiger partial charge in [-0.2, -0.15) is 0 Å². The number of hydrogen-bond donors (Lipinski definition) is 2. The fourth-order valence-electron chi connectivity index (χ4n) is 2.66. The maximum atomic E-state index is 12.7. The number of rotatable bonds is 6. The van der Waals surface area contributed by atoms with Crippen LogP contribution in [0.5, 0.6) is 0 Å². The van der Waals surface area contributed by atoms with Crippen molar-refractivity contribution in [2.75, 3.05) is 0 Å². The van der Waals surface area contributed by atoms with Gasteiger partial charge in [-0.1, -0.05) is 39.0 Å². The Morgan fingerprint density at radius 2 is 1.86 bits per heavy atom. The molecule has 2 aromatic heterocycles. The van der Waals surface area contributed by atoms with Crippen molar-refractivity contribution in [3.05, 3.63) is 87.6 Å². The standard InChI is InChI=1S/C23H24N2O3S/c1-23(2,3)18-8-6-17(7-9-18)21(26)25-20(13-19-5-4-12-29-19)22(27)24-14-16-10-11-28-15-16/h4-13,15H,14H2,1-3H3,(H,24,27)(H,25,26)/b20-13-. The molecule has 150 valence electrons. The minimum atomic E-state index is -0.362. The third-order valence-electron chi connectivity index (χ3n) is 4.37. The number of benzene rings is 1. The molecule has 3 rings (SSSR count). The van der Waals surface area contributed by atoms with E-state index in [1.165, 1.54) is 11.3 Å². The Bertz CT molecular complexity index is 980. The average molecular weight is 409 g/mol. The zero-order chi connectivity index (χ0) is 20.9. The summed E-state index contributed by atoms with van der Waals surface area (Å²) in [7, 11) is 0. The van der Waals surface area contributed by atoms with Crippen LogP contribution in [0.3, 0.4) is 0 Å². The highest BCUT2D eigenvalue weighted by Gasteiger charge is 2.17. The second kappa shape index (κ2) is 8.92. The van der Waals surface area contributed by atoms with Crippen molar-refractivity contribution in [1.82, 2.24) is 10.6 Å². The smallest absolute Gasteiger partial charge is 0.268 e. The molecule has 0 aliphatic heterocycles. The van der Waals surface area contributed by atoms with Gasteiger partial charge in [0, 0.05) is 22.5 Å². The molecule has 0 aliphatic rings. The third kappa shape index (κ3) is 5.68. The van der Waals surface area contributed by atoms with Gasteiger partial charge in [0.1, 0.15) is 5.70 Å². The summed E-state index contributed by atoms with van der Waals surface area (Å²) in [4.78, 5) is 26.3. The molecule has 0 saturated heterocycles. The maximum absolute atomic E-state index is 12.7. The molecule has 2 N–H and O–H groups in total. The first-order chi connectivity index (χ1) is 13.8. The van der Waals surface area contributed by atoms with Crippen molar-refractivity contribution in [1.29, 1.82) is 0 Å². The third-order valence-corrected chi connectivity index (χ3v) is 5.19. The topological polar surface area (TPSA) is 71.3 Å². The molecule has 29 heavy (non-hydrogen) atoms. The monoisotopic (exact) mass is 408 g/mol. The van der Waals surface area contributed by atoms with Gasteiger partial charge in [0.2, 0.25) is 0 Å². The first-order valence-corrected chi connectivity index (χ1v) is 10.2.